The summed E-state index contributed by atoms with van der Waals surface area (Å²) in [5, 5.41) is 10.7. The predicted octanol–water partition coefficient (Wildman–Crippen LogP) is 5.36. The molecule has 1 saturated heterocycles. The number of amides is 2. The number of halogens is 2. The van der Waals surface area contributed by atoms with E-state index in [9.17, 15) is 19.7 Å². The number of nitrogens with zero attached hydrogens (tertiary/aromatic N) is 2. The molecule has 2 aromatic carbocycles. The van der Waals surface area contributed by atoms with Crippen LogP contribution in [0, 0.1) is 10.1 Å². The molecule has 0 radical (unpaired) electrons. The van der Waals surface area contributed by atoms with Gasteiger partial charge in [-0.2, -0.15) is 0 Å². The molecule has 1 aliphatic rings. The van der Waals surface area contributed by atoms with Gasteiger partial charge >= 0.3 is 0 Å². The minimum Gasteiger partial charge on any atom is -0.268 e. The molecule has 2 amide bonds. The van der Waals surface area contributed by atoms with Crippen LogP contribution in [0.4, 0.5) is 10.5 Å². The highest BCUT2D eigenvalue weighted by Crippen LogP contribution is 2.35. The number of thioether (sulfide) groups is 1. The lowest BCUT2D eigenvalue weighted by Crippen LogP contribution is -2.27. The van der Waals surface area contributed by atoms with Gasteiger partial charge in [0.1, 0.15) is 0 Å². The Bertz CT molecular complexity index is 962. The number of nitro benzene ring substituents is 1. The molecule has 26 heavy (non-hydrogen) atoms. The second kappa shape index (κ2) is 7.73. The van der Waals surface area contributed by atoms with Crippen molar-refractivity contribution in [3.8, 4) is 0 Å². The van der Waals surface area contributed by atoms with E-state index in [1.54, 1.807) is 6.07 Å². The third-order valence-corrected chi connectivity index (χ3v) is 5.98. The van der Waals surface area contributed by atoms with E-state index < -0.39 is 10.8 Å². The molecule has 0 saturated carbocycles. The van der Waals surface area contributed by atoms with Crippen molar-refractivity contribution in [2.24, 2.45) is 0 Å². The van der Waals surface area contributed by atoms with Crippen molar-refractivity contribution in [2.75, 3.05) is 0 Å². The van der Waals surface area contributed by atoms with Gasteiger partial charge in [-0.1, -0.05) is 40.2 Å². The molecule has 1 aliphatic heterocycles. The van der Waals surface area contributed by atoms with Crippen molar-refractivity contribution in [1.82, 2.24) is 4.90 Å². The van der Waals surface area contributed by atoms with E-state index in [1.807, 2.05) is 24.3 Å². The van der Waals surface area contributed by atoms with Crippen molar-refractivity contribution in [2.45, 2.75) is 6.54 Å². The molecule has 0 unspecified atom stereocenters. The first-order valence-electron chi connectivity index (χ1n) is 7.29. The lowest BCUT2D eigenvalue weighted by atomic mass is 10.2. The maximum absolute atomic E-state index is 12.6. The van der Waals surface area contributed by atoms with Gasteiger partial charge in [0.2, 0.25) is 0 Å². The largest absolute Gasteiger partial charge is 0.293 e. The Hall–Kier alpha value is -1.97. The molecular weight excluding hydrogens is 488 g/mol. The quantitative estimate of drug-likeness (QED) is 0.323. The zero-order valence-corrected chi connectivity index (χ0v) is 17.0. The van der Waals surface area contributed by atoms with E-state index in [4.69, 9.17) is 0 Å². The van der Waals surface area contributed by atoms with Crippen LogP contribution < -0.4 is 0 Å². The monoisotopic (exact) mass is 496 g/mol. The maximum Gasteiger partial charge on any atom is 0.293 e. The van der Waals surface area contributed by atoms with E-state index >= 15 is 0 Å². The summed E-state index contributed by atoms with van der Waals surface area (Å²) in [6.45, 7) is 0.157. The number of carbonyl (C=O) groups excluding carboxylic acids is 2. The highest BCUT2D eigenvalue weighted by Gasteiger charge is 2.35. The number of hydrogen-bond donors (Lipinski definition) is 0. The molecular formula is C17H10Br2N2O4S. The Morgan fingerprint density at radius 2 is 1.85 bits per heavy atom. The number of hydrogen-bond acceptors (Lipinski definition) is 5. The summed E-state index contributed by atoms with van der Waals surface area (Å²) in [6, 6.07) is 11.9. The van der Waals surface area contributed by atoms with Gasteiger partial charge in [0.15, 0.2) is 0 Å². The van der Waals surface area contributed by atoms with Gasteiger partial charge in [-0.05, 0) is 57.0 Å². The number of imide groups is 1. The van der Waals surface area contributed by atoms with Gasteiger partial charge < -0.3 is 0 Å². The van der Waals surface area contributed by atoms with E-state index in [0.717, 1.165) is 26.7 Å². The van der Waals surface area contributed by atoms with Crippen LogP contribution in [0.1, 0.15) is 11.1 Å². The minimum atomic E-state index is -0.514. The molecule has 0 spiro atoms. The third kappa shape index (κ3) is 3.89. The summed E-state index contributed by atoms with van der Waals surface area (Å²) in [5.74, 6) is -0.415. The lowest BCUT2D eigenvalue weighted by Gasteiger charge is -2.13. The van der Waals surface area contributed by atoms with Crippen LogP contribution in [0.3, 0.4) is 0 Å². The number of carbonyl (C=O) groups is 2. The molecule has 0 N–H and O–H groups in total. The molecule has 132 valence electrons. The first kappa shape index (κ1) is 18.8. The Kier molecular flexibility index (Phi) is 5.59. The zero-order valence-electron chi connectivity index (χ0n) is 13.0. The summed E-state index contributed by atoms with van der Waals surface area (Å²) in [6.07, 6.45) is 1.49. The van der Waals surface area contributed by atoms with Crippen LogP contribution in [0.5, 0.6) is 0 Å². The number of benzene rings is 2. The highest BCUT2D eigenvalue weighted by atomic mass is 79.9. The minimum absolute atomic E-state index is 0.105. The van der Waals surface area contributed by atoms with Gasteiger partial charge in [0, 0.05) is 10.5 Å². The zero-order chi connectivity index (χ0) is 18.8. The van der Waals surface area contributed by atoms with Crippen LogP contribution in [0.15, 0.2) is 56.3 Å². The van der Waals surface area contributed by atoms with E-state index in [2.05, 4.69) is 31.9 Å². The summed E-state index contributed by atoms with van der Waals surface area (Å²) < 4.78 is 1.16. The van der Waals surface area contributed by atoms with Crippen molar-refractivity contribution in [3.63, 3.8) is 0 Å². The number of rotatable bonds is 4. The molecule has 0 aliphatic carbocycles. The maximum atomic E-state index is 12.6. The molecule has 3 rings (SSSR count). The fraction of sp³-hybridized carbons (Fsp3) is 0.0588. The van der Waals surface area contributed by atoms with Crippen molar-refractivity contribution >= 4 is 66.5 Å². The molecule has 1 heterocycles. The van der Waals surface area contributed by atoms with Crippen molar-refractivity contribution in [1.29, 1.82) is 0 Å². The normalized spacial score (nSPS) is 15.8. The van der Waals surface area contributed by atoms with Crippen molar-refractivity contribution in [3.05, 3.63) is 77.6 Å². The first-order chi connectivity index (χ1) is 12.4. The molecule has 0 atom stereocenters. The Morgan fingerprint density at radius 1 is 1.12 bits per heavy atom. The van der Waals surface area contributed by atoms with Gasteiger partial charge in [-0.15, -0.1) is 0 Å². The Labute approximate surface area is 169 Å². The standard InChI is InChI=1S/C17H10Br2N2O4S/c18-12-4-2-1-3-11(12)9-20-16(22)15(26-17(20)23)8-10-5-6-13(19)14(7-10)21(24)25/h1-8H,9H2/b15-8-. The smallest absolute Gasteiger partial charge is 0.268 e. The van der Waals surface area contributed by atoms with Gasteiger partial charge in [0.05, 0.1) is 20.8 Å². The summed E-state index contributed by atoms with van der Waals surface area (Å²) in [7, 11) is 0. The fourth-order valence-electron chi connectivity index (χ4n) is 2.34. The molecule has 9 heteroatoms. The van der Waals surface area contributed by atoms with Crippen LogP contribution in [-0.2, 0) is 11.3 Å². The fourth-order valence-corrected chi connectivity index (χ4v) is 3.98. The van der Waals surface area contributed by atoms with Crippen molar-refractivity contribution < 1.29 is 14.5 Å². The van der Waals surface area contributed by atoms with Crippen LogP contribution in [0.2, 0.25) is 0 Å². The van der Waals surface area contributed by atoms with Gasteiger partial charge in [0.25, 0.3) is 16.8 Å². The molecule has 2 aromatic rings. The highest BCUT2D eigenvalue weighted by molar-refractivity contribution is 9.10. The Morgan fingerprint density at radius 3 is 2.54 bits per heavy atom. The van der Waals surface area contributed by atoms with Gasteiger partial charge in [-0.25, -0.2) is 0 Å². The molecule has 0 bridgehead atoms. The van der Waals surface area contributed by atoms with Crippen LogP contribution in [0.25, 0.3) is 6.08 Å². The summed E-state index contributed by atoms with van der Waals surface area (Å²) in [5.41, 5.74) is 1.19. The average molecular weight is 498 g/mol. The SMILES string of the molecule is O=C1S/C(=C\c2ccc(Br)c([N+](=O)[O-])c2)C(=O)N1Cc1ccccc1Br. The van der Waals surface area contributed by atoms with E-state index in [1.165, 1.54) is 18.2 Å². The molecule has 6 nitrogen and oxygen atoms in total. The molecule has 1 fully saturated rings. The van der Waals surface area contributed by atoms with Crippen LogP contribution >= 0.6 is 43.6 Å². The number of nitro groups is 1. The third-order valence-electron chi connectivity index (χ3n) is 3.62. The second-order valence-electron chi connectivity index (χ2n) is 5.33. The van der Waals surface area contributed by atoms with E-state index in [-0.39, 0.29) is 22.4 Å². The predicted molar refractivity (Wildman–Crippen MR) is 106 cm³/mol. The van der Waals surface area contributed by atoms with Gasteiger partial charge in [-0.3, -0.25) is 24.6 Å². The van der Waals surface area contributed by atoms with E-state index in [0.29, 0.717) is 10.0 Å². The molecule has 0 aromatic heterocycles. The average Bonchev–Trinajstić information content (AvgIpc) is 2.85. The lowest BCUT2D eigenvalue weighted by molar-refractivity contribution is -0.385. The second-order valence-corrected chi connectivity index (χ2v) is 8.03. The van der Waals surface area contributed by atoms with Crippen LogP contribution in [-0.4, -0.2) is 21.0 Å². The topological polar surface area (TPSA) is 80.5 Å². The summed E-state index contributed by atoms with van der Waals surface area (Å²) >= 11 is 7.34. The Balaban J connectivity index is 1.87. The summed E-state index contributed by atoms with van der Waals surface area (Å²) in [4.78, 5) is 36.7. The first-order valence-corrected chi connectivity index (χ1v) is 9.70.